The van der Waals surface area contributed by atoms with Gasteiger partial charge >= 0.3 is 6.09 Å². The van der Waals surface area contributed by atoms with Crippen LogP contribution in [0.1, 0.15) is 79.2 Å². The van der Waals surface area contributed by atoms with Gasteiger partial charge in [0.25, 0.3) is 11.5 Å². The zero-order chi connectivity index (χ0) is 30.8. The summed E-state index contributed by atoms with van der Waals surface area (Å²) in [4.78, 5) is 45.7. The van der Waals surface area contributed by atoms with Crippen LogP contribution in [0.4, 0.5) is 10.5 Å². The van der Waals surface area contributed by atoms with Crippen molar-refractivity contribution in [2.45, 2.75) is 96.4 Å². The molecule has 2 amide bonds. The predicted octanol–water partition coefficient (Wildman–Crippen LogP) is 4.33. The van der Waals surface area contributed by atoms with Crippen LogP contribution in [0.3, 0.4) is 0 Å². The van der Waals surface area contributed by atoms with E-state index in [0.717, 1.165) is 38.5 Å². The highest BCUT2D eigenvalue weighted by Gasteiger charge is 2.35. The van der Waals surface area contributed by atoms with Gasteiger partial charge in [0.05, 0.1) is 11.2 Å². The van der Waals surface area contributed by atoms with Crippen molar-refractivity contribution in [1.29, 1.82) is 0 Å². The van der Waals surface area contributed by atoms with Crippen LogP contribution in [0.25, 0.3) is 0 Å². The van der Waals surface area contributed by atoms with Crippen molar-refractivity contribution in [2.75, 3.05) is 19.5 Å². The fraction of sp³-hybridized carbons (Fsp3) is 0.567. The number of rotatable bonds is 7. The number of nitrogens with zero attached hydrogens (tertiary/aromatic N) is 5. The summed E-state index contributed by atoms with van der Waals surface area (Å²) < 4.78 is 13.1. The molecule has 228 valence electrons. The van der Waals surface area contributed by atoms with Crippen molar-refractivity contribution >= 4 is 30.2 Å². The number of nitrogens with one attached hydrogen (secondary N) is 2. The molecule has 1 unspecified atom stereocenters. The second-order valence-corrected chi connectivity index (χ2v) is 12.4. The highest BCUT2D eigenvalue weighted by atomic mass is 16.6. The van der Waals surface area contributed by atoms with E-state index in [4.69, 9.17) is 9.47 Å². The second kappa shape index (κ2) is 12.1. The quantitative estimate of drug-likeness (QED) is 0.362. The molecule has 42 heavy (non-hydrogen) atoms. The van der Waals surface area contributed by atoms with Gasteiger partial charge in [0.1, 0.15) is 22.9 Å². The number of hydrogen-bond donors (Lipinski definition) is 2. The third kappa shape index (κ3) is 7.10. The summed E-state index contributed by atoms with van der Waals surface area (Å²) in [5.74, 6) is 0.350. The summed E-state index contributed by atoms with van der Waals surface area (Å²) in [5.41, 5.74) is -0.658. The minimum Gasteiger partial charge on any atom is -0.443 e. The summed E-state index contributed by atoms with van der Waals surface area (Å²) in [6.07, 6.45) is 8.06. The molecule has 2 saturated carbocycles. The number of hydrazone groups is 1. The van der Waals surface area contributed by atoms with Gasteiger partial charge in [-0.05, 0) is 85.3 Å². The highest BCUT2D eigenvalue weighted by Crippen LogP contribution is 2.37. The SMILES string of the molecule is C=NN1C(N(C)C(=O)OC(C)(C)C)=CC(Nc2cccn(C3CCC[C@@](C)(OC)C3)c2=O)=N/C1=C(/C)C(=O)NC1CC1. The van der Waals surface area contributed by atoms with Gasteiger partial charge in [0, 0.05) is 45.2 Å². The van der Waals surface area contributed by atoms with Crippen LogP contribution in [0.5, 0.6) is 0 Å². The molecule has 2 fully saturated rings. The lowest BCUT2D eigenvalue weighted by Crippen LogP contribution is -2.41. The molecule has 1 aromatic heterocycles. The number of anilines is 1. The largest absolute Gasteiger partial charge is 0.443 e. The first-order valence-electron chi connectivity index (χ1n) is 14.3. The predicted molar refractivity (Wildman–Crippen MR) is 162 cm³/mol. The number of carbonyl (C=O) groups excluding carboxylic acids is 2. The maximum Gasteiger partial charge on any atom is 0.415 e. The van der Waals surface area contributed by atoms with Gasteiger partial charge < -0.3 is 24.7 Å². The summed E-state index contributed by atoms with van der Waals surface area (Å²) in [7, 11) is 3.24. The molecule has 0 saturated heterocycles. The Bertz CT molecular complexity index is 1380. The van der Waals surface area contributed by atoms with Crippen LogP contribution in [0.2, 0.25) is 0 Å². The second-order valence-electron chi connectivity index (χ2n) is 12.4. The van der Waals surface area contributed by atoms with E-state index < -0.39 is 11.7 Å². The number of aromatic nitrogens is 1. The molecule has 0 aromatic carbocycles. The van der Waals surface area contributed by atoms with E-state index in [9.17, 15) is 14.4 Å². The van der Waals surface area contributed by atoms with Crippen LogP contribution < -0.4 is 16.2 Å². The Morgan fingerprint density at radius 1 is 1.26 bits per heavy atom. The summed E-state index contributed by atoms with van der Waals surface area (Å²) in [5, 5.41) is 11.5. The Morgan fingerprint density at radius 3 is 2.60 bits per heavy atom. The van der Waals surface area contributed by atoms with E-state index in [1.54, 1.807) is 57.7 Å². The Kier molecular flexibility index (Phi) is 8.95. The molecule has 3 aliphatic rings. The molecule has 0 radical (unpaired) electrons. The third-order valence-electron chi connectivity index (χ3n) is 7.68. The number of ether oxygens (including phenoxy) is 2. The number of carbonyl (C=O) groups is 2. The van der Waals surface area contributed by atoms with E-state index in [1.165, 1.54) is 17.0 Å². The number of amidine groups is 1. The summed E-state index contributed by atoms with van der Waals surface area (Å²) in [6.45, 7) is 12.7. The topological polar surface area (TPSA) is 130 Å². The van der Waals surface area contributed by atoms with Crippen molar-refractivity contribution in [3.05, 3.63) is 52.0 Å². The lowest BCUT2D eigenvalue weighted by atomic mass is 9.83. The van der Waals surface area contributed by atoms with Crippen molar-refractivity contribution in [2.24, 2.45) is 10.1 Å². The molecule has 2 heterocycles. The Labute approximate surface area is 247 Å². The molecule has 2 N–H and O–H groups in total. The van der Waals surface area contributed by atoms with Gasteiger partial charge in [-0.3, -0.25) is 14.5 Å². The number of aliphatic imine (C=N–C) groups is 1. The van der Waals surface area contributed by atoms with Gasteiger partial charge in [0.15, 0.2) is 5.82 Å². The third-order valence-corrected chi connectivity index (χ3v) is 7.68. The molecule has 12 heteroatoms. The van der Waals surface area contributed by atoms with Crippen molar-refractivity contribution in [3.8, 4) is 0 Å². The Hall–Kier alpha value is -3.93. The molecule has 0 bridgehead atoms. The van der Waals surface area contributed by atoms with Crippen LogP contribution >= 0.6 is 0 Å². The smallest absolute Gasteiger partial charge is 0.415 e. The van der Waals surface area contributed by atoms with Gasteiger partial charge in [-0.15, -0.1) is 0 Å². The first-order chi connectivity index (χ1) is 19.7. The maximum absolute atomic E-state index is 13.7. The average Bonchev–Trinajstić information content (AvgIpc) is 3.76. The van der Waals surface area contributed by atoms with Gasteiger partial charge in [-0.2, -0.15) is 10.1 Å². The fourth-order valence-corrected chi connectivity index (χ4v) is 5.09. The minimum atomic E-state index is -0.742. The molecular formula is C30H43N7O5. The van der Waals surface area contributed by atoms with E-state index >= 15 is 0 Å². The van der Waals surface area contributed by atoms with Crippen molar-refractivity contribution in [1.82, 2.24) is 19.8 Å². The highest BCUT2D eigenvalue weighted by molar-refractivity contribution is 6.06. The van der Waals surface area contributed by atoms with Crippen LogP contribution in [0.15, 0.2) is 56.5 Å². The van der Waals surface area contributed by atoms with Gasteiger partial charge in [-0.1, -0.05) is 0 Å². The van der Waals surface area contributed by atoms with Crippen molar-refractivity contribution in [3.63, 3.8) is 0 Å². The van der Waals surface area contributed by atoms with Gasteiger partial charge in [-0.25, -0.2) is 9.79 Å². The Balaban J connectivity index is 1.72. The molecule has 0 spiro atoms. The number of methoxy groups -OCH3 is 1. The fourth-order valence-electron chi connectivity index (χ4n) is 5.09. The van der Waals surface area contributed by atoms with E-state index in [-0.39, 0.29) is 52.2 Å². The van der Waals surface area contributed by atoms with E-state index in [1.807, 2.05) is 6.07 Å². The molecule has 2 atom stereocenters. The number of pyridine rings is 1. The van der Waals surface area contributed by atoms with Crippen molar-refractivity contribution < 1.29 is 19.1 Å². The van der Waals surface area contributed by atoms with Gasteiger partial charge in [0.2, 0.25) is 0 Å². The van der Waals surface area contributed by atoms with Crippen LogP contribution in [-0.2, 0) is 14.3 Å². The number of amides is 2. The number of hydrogen-bond acceptors (Lipinski definition) is 9. The molecule has 2 aliphatic carbocycles. The summed E-state index contributed by atoms with van der Waals surface area (Å²) >= 11 is 0. The molecular weight excluding hydrogens is 538 g/mol. The van der Waals surface area contributed by atoms with Crippen LogP contribution in [0, 0.1) is 0 Å². The Morgan fingerprint density at radius 2 is 1.98 bits per heavy atom. The summed E-state index contributed by atoms with van der Waals surface area (Å²) in [6, 6.07) is 3.61. The first kappa shape index (κ1) is 31.0. The standard InChI is InChI=1S/C30H43N7O5/c1-19(26(38)32-20-13-14-20)25-34-23(17-24(37(25)31-6)35(7)28(40)42-29(2,3)4)33-22-12-10-16-36(27(22)39)21-11-9-15-30(5,18-21)41-8/h10,12,16-17,20-21H,6,9,11,13-15,18H2,1-5,7-8H3,(H,32,38)(H,33,34)/b25-19+/t21?,30-/m1/s1. The lowest BCUT2D eigenvalue weighted by molar-refractivity contribution is -0.117. The molecule has 4 rings (SSSR count). The molecule has 1 aliphatic heterocycles. The van der Waals surface area contributed by atoms with E-state index in [2.05, 4.69) is 34.4 Å². The van der Waals surface area contributed by atoms with E-state index in [0.29, 0.717) is 5.69 Å². The zero-order valence-corrected chi connectivity index (χ0v) is 25.7. The molecule has 1 aromatic rings. The lowest BCUT2D eigenvalue weighted by Gasteiger charge is -2.37. The van der Waals surface area contributed by atoms with Crippen LogP contribution in [-0.4, -0.2) is 70.4 Å². The normalized spacial score (nSPS) is 23.8. The first-order valence-corrected chi connectivity index (χ1v) is 14.3. The maximum atomic E-state index is 13.7. The monoisotopic (exact) mass is 581 g/mol. The average molecular weight is 582 g/mol. The zero-order valence-electron chi connectivity index (χ0n) is 25.7. The molecule has 12 nitrogen and oxygen atoms in total. The minimum absolute atomic E-state index is 0.0140.